The zero-order valence-electron chi connectivity index (χ0n) is 18.0. The Balaban J connectivity index is 1.26. The summed E-state index contributed by atoms with van der Waals surface area (Å²) in [6.07, 6.45) is 0. The van der Waals surface area contributed by atoms with Crippen LogP contribution in [0.2, 0.25) is 0 Å². The Morgan fingerprint density at radius 3 is 2.48 bits per heavy atom. The minimum absolute atomic E-state index is 0.0191. The van der Waals surface area contributed by atoms with Gasteiger partial charge in [0.25, 0.3) is 0 Å². The largest absolute Gasteiger partial charge is 0.497 e. The van der Waals surface area contributed by atoms with Crippen molar-refractivity contribution in [2.24, 2.45) is 0 Å². The Hall–Kier alpha value is -2.74. The Kier molecular flexibility index (Phi) is 6.96. The lowest BCUT2D eigenvalue weighted by atomic mass is 10.2. The number of carbonyl (C=O) groups is 1. The van der Waals surface area contributed by atoms with Gasteiger partial charge in [-0.1, -0.05) is 30.3 Å². The van der Waals surface area contributed by atoms with Gasteiger partial charge in [-0.25, -0.2) is 4.98 Å². The van der Waals surface area contributed by atoms with Crippen LogP contribution in [0.15, 0.2) is 60.0 Å². The molecule has 1 saturated heterocycles. The van der Waals surface area contributed by atoms with Gasteiger partial charge in [0.05, 0.1) is 18.8 Å². The van der Waals surface area contributed by atoms with Crippen LogP contribution in [0, 0.1) is 0 Å². The smallest absolute Gasteiger partial charge is 0.241 e. The number of hydrogen-bond donors (Lipinski definition) is 1. The van der Waals surface area contributed by atoms with E-state index in [1.165, 1.54) is 5.56 Å². The molecule has 1 N–H and O–H groups in total. The van der Waals surface area contributed by atoms with Gasteiger partial charge in [0.15, 0.2) is 0 Å². The van der Waals surface area contributed by atoms with Crippen molar-refractivity contribution in [3.8, 4) is 16.3 Å². The predicted octanol–water partition coefficient (Wildman–Crippen LogP) is 3.96. The van der Waals surface area contributed by atoms with Gasteiger partial charge in [0.2, 0.25) is 5.91 Å². The average Bonchev–Trinajstić information content (AvgIpc) is 3.28. The Morgan fingerprint density at radius 2 is 1.81 bits per heavy atom. The summed E-state index contributed by atoms with van der Waals surface area (Å²) in [6, 6.07) is 17.5. The molecule has 162 valence electrons. The van der Waals surface area contributed by atoms with Crippen LogP contribution in [0.3, 0.4) is 0 Å². The fraction of sp³-hybridized carbons (Fsp3) is 0.333. The van der Waals surface area contributed by atoms with E-state index in [-0.39, 0.29) is 11.9 Å². The van der Waals surface area contributed by atoms with Gasteiger partial charge in [-0.15, -0.1) is 11.3 Å². The summed E-state index contributed by atoms with van der Waals surface area (Å²) in [6.45, 7) is 6.42. The molecule has 1 aliphatic heterocycles. The summed E-state index contributed by atoms with van der Waals surface area (Å²) in [7, 11) is 1.63. The molecule has 2 heterocycles. The molecule has 1 fully saturated rings. The number of nitrogens with zero attached hydrogens (tertiary/aromatic N) is 3. The zero-order valence-corrected chi connectivity index (χ0v) is 18.8. The highest BCUT2D eigenvalue weighted by atomic mass is 32.1. The van der Waals surface area contributed by atoms with E-state index >= 15 is 0 Å². The van der Waals surface area contributed by atoms with Crippen LogP contribution in [0.4, 0.5) is 5.69 Å². The minimum atomic E-state index is -0.173. The van der Waals surface area contributed by atoms with Crippen LogP contribution in [0.25, 0.3) is 10.6 Å². The number of methoxy groups -OCH3 is 1. The van der Waals surface area contributed by atoms with Crippen molar-refractivity contribution in [3.63, 3.8) is 0 Å². The highest BCUT2D eigenvalue weighted by Gasteiger charge is 2.26. The molecule has 6 nitrogen and oxygen atoms in total. The molecular weight excluding hydrogens is 408 g/mol. The molecule has 4 rings (SSSR count). The maximum Gasteiger partial charge on any atom is 0.241 e. The fourth-order valence-corrected chi connectivity index (χ4v) is 4.53. The van der Waals surface area contributed by atoms with E-state index in [1.807, 2.05) is 49.4 Å². The zero-order chi connectivity index (χ0) is 21.6. The quantitative estimate of drug-likeness (QED) is 0.608. The number of piperazine rings is 1. The highest BCUT2D eigenvalue weighted by molar-refractivity contribution is 7.13. The van der Waals surface area contributed by atoms with Gasteiger partial charge in [0, 0.05) is 49.4 Å². The number of nitrogens with one attached hydrogen (secondary N) is 1. The standard InChI is InChI=1S/C24H28N4O2S/c1-18(23(29)25-20-8-10-22(30-2)11-9-20)28-14-12-27(13-15-28)16-21-17-31-24(26-21)19-6-4-3-5-7-19/h3-11,17-18H,12-16H2,1-2H3,(H,25,29)/t18-/m1/s1. The van der Waals surface area contributed by atoms with Crippen LogP contribution in [-0.4, -0.2) is 60.0 Å². The molecule has 1 amide bonds. The first-order valence-electron chi connectivity index (χ1n) is 10.5. The number of ether oxygens (including phenoxy) is 1. The molecule has 0 saturated carbocycles. The molecule has 7 heteroatoms. The minimum Gasteiger partial charge on any atom is -0.497 e. The van der Waals surface area contributed by atoms with Crippen molar-refractivity contribution in [2.75, 3.05) is 38.6 Å². The van der Waals surface area contributed by atoms with Gasteiger partial charge in [-0.2, -0.15) is 0 Å². The van der Waals surface area contributed by atoms with Crippen molar-refractivity contribution in [2.45, 2.75) is 19.5 Å². The Bertz CT molecular complexity index is 982. The lowest BCUT2D eigenvalue weighted by Gasteiger charge is -2.37. The first-order chi connectivity index (χ1) is 15.1. The molecule has 2 aromatic carbocycles. The van der Waals surface area contributed by atoms with E-state index in [4.69, 9.17) is 9.72 Å². The van der Waals surface area contributed by atoms with Gasteiger partial charge < -0.3 is 10.1 Å². The summed E-state index contributed by atoms with van der Waals surface area (Å²) in [5, 5.41) is 6.22. The number of rotatable bonds is 7. The molecule has 1 aromatic heterocycles. The average molecular weight is 437 g/mol. The molecule has 0 radical (unpaired) electrons. The molecule has 0 spiro atoms. The summed E-state index contributed by atoms with van der Waals surface area (Å²) in [4.78, 5) is 22.1. The third-order valence-corrected chi connectivity index (χ3v) is 6.59. The van der Waals surface area contributed by atoms with Crippen molar-refractivity contribution in [3.05, 3.63) is 65.7 Å². The number of benzene rings is 2. The summed E-state index contributed by atoms with van der Waals surface area (Å²) < 4.78 is 5.16. The SMILES string of the molecule is COc1ccc(NC(=O)[C@@H](C)N2CCN(Cc3csc(-c4ccccc4)n3)CC2)cc1. The lowest BCUT2D eigenvalue weighted by molar-refractivity contribution is -0.121. The Morgan fingerprint density at radius 1 is 1.10 bits per heavy atom. The second-order valence-corrected chi connectivity index (χ2v) is 8.57. The van der Waals surface area contributed by atoms with Crippen molar-refractivity contribution >= 4 is 22.9 Å². The summed E-state index contributed by atoms with van der Waals surface area (Å²) in [5.41, 5.74) is 3.07. The second kappa shape index (κ2) is 10.0. The first-order valence-corrected chi connectivity index (χ1v) is 11.4. The van der Waals surface area contributed by atoms with E-state index in [2.05, 4.69) is 32.6 Å². The second-order valence-electron chi connectivity index (χ2n) is 7.72. The van der Waals surface area contributed by atoms with E-state index < -0.39 is 0 Å². The third kappa shape index (κ3) is 5.50. The molecule has 1 atom stereocenters. The van der Waals surface area contributed by atoms with Crippen LogP contribution in [0.5, 0.6) is 5.75 Å². The number of anilines is 1. The van der Waals surface area contributed by atoms with E-state index in [0.717, 1.165) is 54.9 Å². The number of hydrogen-bond acceptors (Lipinski definition) is 6. The number of amides is 1. The highest BCUT2D eigenvalue weighted by Crippen LogP contribution is 2.24. The fourth-order valence-electron chi connectivity index (χ4n) is 3.72. The molecule has 0 aliphatic carbocycles. The van der Waals surface area contributed by atoms with Gasteiger partial charge >= 0.3 is 0 Å². The van der Waals surface area contributed by atoms with Gasteiger partial charge in [-0.3, -0.25) is 14.6 Å². The van der Waals surface area contributed by atoms with Crippen molar-refractivity contribution < 1.29 is 9.53 Å². The number of aromatic nitrogens is 1. The summed E-state index contributed by atoms with van der Waals surface area (Å²) in [5.74, 6) is 0.795. The molecule has 0 bridgehead atoms. The van der Waals surface area contributed by atoms with Crippen molar-refractivity contribution in [1.29, 1.82) is 0 Å². The maximum absolute atomic E-state index is 12.7. The third-order valence-electron chi connectivity index (χ3n) is 5.65. The van der Waals surface area contributed by atoms with Crippen LogP contribution in [-0.2, 0) is 11.3 Å². The van der Waals surface area contributed by atoms with Crippen LogP contribution in [0.1, 0.15) is 12.6 Å². The van der Waals surface area contributed by atoms with E-state index in [9.17, 15) is 4.79 Å². The topological polar surface area (TPSA) is 57.7 Å². The van der Waals surface area contributed by atoms with Gasteiger partial charge in [-0.05, 0) is 31.2 Å². The van der Waals surface area contributed by atoms with E-state index in [0.29, 0.717) is 0 Å². The normalized spacial score (nSPS) is 16.1. The van der Waals surface area contributed by atoms with Crippen LogP contribution >= 0.6 is 11.3 Å². The lowest BCUT2D eigenvalue weighted by Crippen LogP contribution is -2.52. The van der Waals surface area contributed by atoms with Gasteiger partial charge in [0.1, 0.15) is 10.8 Å². The first kappa shape index (κ1) is 21.5. The van der Waals surface area contributed by atoms with Crippen molar-refractivity contribution in [1.82, 2.24) is 14.8 Å². The molecular formula is C24H28N4O2S. The maximum atomic E-state index is 12.7. The molecule has 3 aromatic rings. The monoisotopic (exact) mass is 436 g/mol. The molecule has 31 heavy (non-hydrogen) atoms. The van der Waals surface area contributed by atoms with Crippen LogP contribution < -0.4 is 10.1 Å². The predicted molar refractivity (Wildman–Crippen MR) is 125 cm³/mol. The molecule has 1 aliphatic rings. The Labute approximate surface area is 187 Å². The number of thiazole rings is 1. The van der Waals surface area contributed by atoms with E-state index in [1.54, 1.807) is 18.4 Å². The molecule has 0 unspecified atom stereocenters. The number of carbonyl (C=O) groups excluding carboxylic acids is 1. The summed E-state index contributed by atoms with van der Waals surface area (Å²) >= 11 is 1.69.